The van der Waals surface area contributed by atoms with Gasteiger partial charge in [-0.05, 0) is 43.7 Å². The molecule has 0 fully saturated rings. The molecule has 0 unspecified atom stereocenters. The summed E-state index contributed by atoms with van der Waals surface area (Å²) >= 11 is 1.22. The Kier molecular flexibility index (Phi) is 6.00. The van der Waals surface area contributed by atoms with Gasteiger partial charge in [0.2, 0.25) is 5.91 Å². The molecule has 3 rings (SSSR count). The molecule has 8 heteroatoms. The summed E-state index contributed by atoms with van der Waals surface area (Å²) in [4.78, 5) is 28.4. The first kappa shape index (κ1) is 19.5. The zero-order valence-corrected chi connectivity index (χ0v) is 16.2. The van der Waals surface area contributed by atoms with Crippen molar-refractivity contribution in [1.82, 2.24) is 4.98 Å². The highest BCUT2D eigenvalue weighted by molar-refractivity contribution is 7.14. The number of aromatic nitrogens is 1. The number of nitrogens with one attached hydrogen (secondary N) is 3. The van der Waals surface area contributed by atoms with Crippen molar-refractivity contribution < 1.29 is 14.0 Å². The molecule has 0 aliphatic rings. The van der Waals surface area contributed by atoms with Crippen LogP contribution in [0, 0.1) is 19.7 Å². The maximum absolute atomic E-state index is 13.5. The third kappa shape index (κ3) is 5.37. The van der Waals surface area contributed by atoms with Crippen molar-refractivity contribution in [2.24, 2.45) is 0 Å². The first-order chi connectivity index (χ1) is 13.4. The van der Waals surface area contributed by atoms with Crippen LogP contribution in [0.3, 0.4) is 0 Å². The number of aryl methyl sites for hydroxylation is 2. The summed E-state index contributed by atoms with van der Waals surface area (Å²) in [6.45, 7) is 3.62. The van der Waals surface area contributed by atoms with Gasteiger partial charge in [-0.15, -0.1) is 11.3 Å². The molecule has 1 heterocycles. The molecule has 0 saturated heterocycles. The van der Waals surface area contributed by atoms with Crippen LogP contribution in [0.2, 0.25) is 0 Å². The van der Waals surface area contributed by atoms with E-state index in [1.807, 2.05) is 19.1 Å². The second-order valence-electron chi connectivity index (χ2n) is 6.28. The Morgan fingerprint density at radius 3 is 2.43 bits per heavy atom. The van der Waals surface area contributed by atoms with Crippen LogP contribution in [0.5, 0.6) is 0 Å². The highest BCUT2D eigenvalue weighted by Gasteiger charge is 2.11. The smallest absolute Gasteiger partial charge is 0.325 e. The van der Waals surface area contributed by atoms with E-state index in [1.165, 1.54) is 17.4 Å². The van der Waals surface area contributed by atoms with Crippen LogP contribution < -0.4 is 16.0 Å². The molecule has 2 aromatic carbocycles. The standard InChI is InChI=1S/C20H19FN4O2S/c1-12-3-6-14(7-4-12)23-19(27)25-20-24-16(11-28-20)10-18(26)22-15-8-5-13(2)17(21)9-15/h3-9,11H,10H2,1-2H3,(H,22,26)(H2,23,24,25,27). The number of hydrogen-bond donors (Lipinski definition) is 3. The molecule has 0 bridgehead atoms. The molecular formula is C20H19FN4O2S. The average molecular weight is 398 g/mol. The Morgan fingerprint density at radius 1 is 1.00 bits per heavy atom. The fourth-order valence-electron chi connectivity index (χ4n) is 2.38. The molecule has 0 atom stereocenters. The Balaban J connectivity index is 1.53. The van der Waals surface area contributed by atoms with Crippen molar-refractivity contribution in [3.8, 4) is 0 Å². The number of halogens is 1. The van der Waals surface area contributed by atoms with E-state index in [0.717, 1.165) is 5.56 Å². The minimum atomic E-state index is -0.413. The molecule has 1 aromatic heterocycles. The third-order valence-corrected chi connectivity index (χ3v) is 4.69. The summed E-state index contributed by atoms with van der Waals surface area (Å²) in [6, 6.07) is 11.5. The molecule has 0 aliphatic carbocycles. The Bertz CT molecular complexity index is 1000. The topological polar surface area (TPSA) is 83.1 Å². The fraction of sp³-hybridized carbons (Fsp3) is 0.150. The maximum atomic E-state index is 13.5. The Hall–Kier alpha value is -3.26. The van der Waals surface area contributed by atoms with E-state index in [2.05, 4.69) is 20.9 Å². The number of amides is 3. The third-order valence-electron chi connectivity index (χ3n) is 3.88. The Labute approximate surface area is 165 Å². The van der Waals surface area contributed by atoms with Gasteiger partial charge in [-0.3, -0.25) is 10.1 Å². The van der Waals surface area contributed by atoms with Gasteiger partial charge < -0.3 is 10.6 Å². The summed E-state index contributed by atoms with van der Waals surface area (Å²) in [5, 5.41) is 10.1. The zero-order valence-electron chi connectivity index (χ0n) is 15.4. The first-order valence-electron chi connectivity index (χ1n) is 8.54. The predicted octanol–water partition coefficient (Wildman–Crippen LogP) is 4.72. The van der Waals surface area contributed by atoms with E-state index in [9.17, 15) is 14.0 Å². The number of rotatable bonds is 5. The zero-order chi connectivity index (χ0) is 20.1. The summed E-state index contributed by atoms with van der Waals surface area (Å²) in [5.74, 6) is -0.693. The molecule has 3 amide bonds. The monoisotopic (exact) mass is 398 g/mol. The lowest BCUT2D eigenvalue weighted by Crippen LogP contribution is -2.19. The lowest BCUT2D eigenvalue weighted by molar-refractivity contribution is -0.115. The van der Waals surface area contributed by atoms with Crippen LogP contribution >= 0.6 is 11.3 Å². The van der Waals surface area contributed by atoms with Crippen LogP contribution in [0.1, 0.15) is 16.8 Å². The molecule has 0 saturated carbocycles. The van der Waals surface area contributed by atoms with Crippen molar-refractivity contribution in [1.29, 1.82) is 0 Å². The number of carbonyl (C=O) groups is 2. The van der Waals surface area contributed by atoms with Gasteiger partial charge in [0, 0.05) is 16.8 Å². The summed E-state index contributed by atoms with van der Waals surface area (Å²) in [6.07, 6.45) is 0.0211. The van der Waals surface area contributed by atoms with Gasteiger partial charge in [0.1, 0.15) is 5.82 Å². The van der Waals surface area contributed by atoms with E-state index in [1.54, 1.807) is 36.6 Å². The molecule has 3 N–H and O–H groups in total. The summed E-state index contributed by atoms with van der Waals surface area (Å²) < 4.78 is 13.5. The predicted molar refractivity (Wildman–Crippen MR) is 109 cm³/mol. The van der Waals surface area contributed by atoms with Crippen LogP contribution in [0.15, 0.2) is 47.8 Å². The van der Waals surface area contributed by atoms with E-state index >= 15 is 0 Å². The number of thiazole rings is 1. The van der Waals surface area contributed by atoms with Crippen LogP contribution in [-0.4, -0.2) is 16.9 Å². The number of nitrogens with zero attached hydrogens (tertiary/aromatic N) is 1. The minimum absolute atomic E-state index is 0.0211. The van der Waals surface area contributed by atoms with Crippen LogP contribution in [0.4, 0.5) is 25.7 Å². The highest BCUT2D eigenvalue weighted by atomic mass is 32.1. The summed E-state index contributed by atoms with van der Waals surface area (Å²) in [7, 11) is 0. The van der Waals surface area contributed by atoms with Gasteiger partial charge in [-0.1, -0.05) is 23.8 Å². The number of benzene rings is 2. The van der Waals surface area contributed by atoms with E-state index in [4.69, 9.17) is 0 Å². The Morgan fingerprint density at radius 2 is 1.71 bits per heavy atom. The van der Waals surface area contributed by atoms with Gasteiger partial charge in [-0.25, -0.2) is 14.2 Å². The van der Waals surface area contributed by atoms with Gasteiger partial charge in [0.05, 0.1) is 12.1 Å². The number of urea groups is 1. The minimum Gasteiger partial charge on any atom is -0.326 e. The van der Waals surface area contributed by atoms with Gasteiger partial charge in [-0.2, -0.15) is 0 Å². The SMILES string of the molecule is Cc1ccc(NC(=O)Nc2nc(CC(=O)Nc3ccc(C)c(F)c3)cs2)cc1. The second-order valence-corrected chi connectivity index (χ2v) is 7.14. The van der Waals surface area contributed by atoms with Crippen LogP contribution in [0.25, 0.3) is 0 Å². The molecular weight excluding hydrogens is 379 g/mol. The van der Waals surface area contributed by atoms with Gasteiger partial charge in [0.15, 0.2) is 5.13 Å². The van der Waals surface area contributed by atoms with E-state index in [-0.39, 0.29) is 18.1 Å². The molecule has 144 valence electrons. The molecule has 3 aromatic rings. The van der Waals surface area contributed by atoms with Gasteiger partial charge >= 0.3 is 6.03 Å². The average Bonchev–Trinajstić information content (AvgIpc) is 3.06. The quantitative estimate of drug-likeness (QED) is 0.581. The maximum Gasteiger partial charge on any atom is 0.325 e. The number of anilines is 3. The fourth-order valence-corrected chi connectivity index (χ4v) is 3.09. The first-order valence-corrected chi connectivity index (χ1v) is 9.42. The number of carbonyl (C=O) groups excluding carboxylic acids is 2. The van der Waals surface area contributed by atoms with Crippen molar-refractivity contribution in [3.05, 3.63) is 70.5 Å². The second kappa shape index (κ2) is 8.62. The van der Waals surface area contributed by atoms with Crippen molar-refractivity contribution in [2.45, 2.75) is 20.3 Å². The lowest BCUT2D eigenvalue weighted by atomic mass is 10.2. The molecule has 0 spiro atoms. The van der Waals surface area contributed by atoms with Gasteiger partial charge in [0.25, 0.3) is 0 Å². The molecule has 6 nitrogen and oxygen atoms in total. The van der Waals surface area contributed by atoms with Crippen LogP contribution in [-0.2, 0) is 11.2 Å². The van der Waals surface area contributed by atoms with Crippen molar-refractivity contribution in [3.63, 3.8) is 0 Å². The highest BCUT2D eigenvalue weighted by Crippen LogP contribution is 2.18. The van der Waals surface area contributed by atoms with E-state index in [0.29, 0.717) is 27.8 Å². The lowest BCUT2D eigenvalue weighted by Gasteiger charge is -2.06. The molecule has 0 aliphatic heterocycles. The van der Waals surface area contributed by atoms with Crippen molar-refractivity contribution >= 4 is 39.8 Å². The number of hydrogen-bond acceptors (Lipinski definition) is 4. The largest absolute Gasteiger partial charge is 0.326 e. The molecule has 0 radical (unpaired) electrons. The van der Waals surface area contributed by atoms with Crippen molar-refractivity contribution in [2.75, 3.05) is 16.0 Å². The normalized spacial score (nSPS) is 10.4. The molecule has 28 heavy (non-hydrogen) atoms. The summed E-state index contributed by atoms with van der Waals surface area (Å²) in [5.41, 5.74) is 3.18. The van der Waals surface area contributed by atoms with E-state index < -0.39 is 6.03 Å².